The molecule has 2 unspecified atom stereocenters. The smallest absolute Gasteiger partial charge is 0.308 e. The quantitative estimate of drug-likeness (QED) is 0.548. The first-order valence-electron chi connectivity index (χ1n) is 7.09. The van der Waals surface area contributed by atoms with Crippen LogP contribution in [-0.2, 0) is 28.5 Å². The van der Waals surface area contributed by atoms with Crippen molar-refractivity contribution in [2.75, 3.05) is 14.2 Å². The summed E-state index contributed by atoms with van der Waals surface area (Å²) in [5, 5.41) is 0. The van der Waals surface area contributed by atoms with Crippen LogP contribution < -0.4 is 0 Å². The van der Waals surface area contributed by atoms with Crippen molar-refractivity contribution >= 4 is 11.9 Å². The monoisotopic (exact) mass is 284 g/mol. The lowest BCUT2D eigenvalue weighted by Gasteiger charge is -2.06. The summed E-state index contributed by atoms with van der Waals surface area (Å²) in [6.45, 7) is 0. The van der Waals surface area contributed by atoms with Crippen LogP contribution in [0.4, 0.5) is 0 Å². The van der Waals surface area contributed by atoms with E-state index in [1.165, 1.54) is 14.2 Å². The summed E-state index contributed by atoms with van der Waals surface area (Å²) >= 11 is 0. The summed E-state index contributed by atoms with van der Waals surface area (Å²) in [7, 11) is 2.88. The Hall–Kier alpha value is -1.14. The fourth-order valence-corrected chi connectivity index (χ4v) is 3.22. The second-order valence-corrected chi connectivity index (χ2v) is 5.81. The Labute approximate surface area is 117 Å². The van der Waals surface area contributed by atoms with E-state index < -0.39 is 0 Å². The SMILES string of the molecule is COC(=O)C1C[C@@H]2O[C@@H]2C1.COC(=O)C1C[C@@H]2O[C@@H]2C1. The molecule has 0 amide bonds. The number of fused-ring (bicyclic) bond motifs is 2. The highest BCUT2D eigenvalue weighted by Crippen LogP contribution is 2.43. The maximum atomic E-state index is 10.9. The number of hydrogen-bond donors (Lipinski definition) is 0. The van der Waals surface area contributed by atoms with Crippen molar-refractivity contribution in [3.05, 3.63) is 0 Å². The largest absolute Gasteiger partial charge is 0.469 e. The Morgan fingerprint density at radius 2 is 1.05 bits per heavy atom. The fraction of sp³-hybridized carbons (Fsp3) is 0.857. The maximum Gasteiger partial charge on any atom is 0.308 e. The molecule has 6 heteroatoms. The Kier molecular flexibility index (Phi) is 3.69. The van der Waals surface area contributed by atoms with Crippen molar-refractivity contribution in [1.29, 1.82) is 0 Å². The van der Waals surface area contributed by atoms with Gasteiger partial charge in [-0.1, -0.05) is 0 Å². The van der Waals surface area contributed by atoms with Gasteiger partial charge in [0.1, 0.15) is 0 Å². The molecule has 6 atom stereocenters. The van der Waals surface area contributed by atoms with Crippen LogP contribution in [0.15, 0.2) is 0 Å². The van der Waals surface area contributed by atoms with Crippen LogP contribution in [-0.4, -0.2) is 50.6 Å². The minimum absolute atomic E-state index is 0.0733. The molecule has 4 aliphatic rings. The first kappa shape index (κ1) is 13.8. The molecule has 2 aliphatic heterocycles. The summed E-state index contributed by atoms with van der Waals surface area (Å²) in [6, 6.07) is 0. The van der Waals surface area contributed by atoms with Crippen molar-refractivity contribution < 1.29 is 28.5 Å². The molecule has 112 valence electrons. The maximum absolute atomic E-state index is 10.9. The van der Waals surface area contributed by atoms with Gasteiger partial charge < -0.3 is 18.9 Å². The molecule has 4 fully saturated rings. The van der Waals surface area contributed by atoms with E-state index in [2.05, 4.69) is 9.47 Å². The first-order valence-corrected chi connectivity index (χ1v) is 7.09. The summed E-state index contributed by atoms with van der Waals surface area (Å²) in [4.78, 5) is 21.8. The van der Waals surface area contributed by atoms with Gasteiger partial charge in [-0.2, -0.15) is 0 Å². The van der Waals surface area contributed by atoms with Crippen molar-refractivity contribution in [2.24, 2.45) is 11.8 Å². The number of esters is 2. The standard InChI is InChI=1S/2C7H10O3/c2*1-9-7(8)4-2-5-6(3-4)10-5/h2*4-6H,2-3H2,1H3/t2*4?,5-,6+. The highest BCUT2D eigenvalue weighted by molar-refractivity contribution is 5.73. The van der Waals surface area contributed by atoms with E-state index >= 15 is 0 Å². The molecule has 2 aliphatic carbocycles. The van der Waals surface area contributed by atoms with Gasteiger partial charge in [0.05, 0.1) is 50.5 Å². The fourth-order valence-electron chi connectivity index (χ4n) is 3.22. The third-order valence-electron chi connectivity index (χ3n) is 4.51. The van der Waals surface area contributed by atoms with Crippen LogP contribution in [0.3, 0.4) is 0 Å². The summed E-state index contributed by atoms with van der Waals surface area (Å²) in [5.74, 6) is 0.0918. The van der Waals surface area contributed by atoms with Gasteiger partial charge in [-0.3, -0.25) is 9.59 Å². The molecule has 0 radical (unpaired) electrons. The van der Waals surface area contributed by atoms with Crippen LogP contribution in [0.1, 0.15) is 25.7 Å². The molecular weight excluding hydrogens is 264 g/mol. The van der Waals surface area contributed by atoms with Crippen molar-refractivity contribution in [3.8, 4) is 0 Å². The second kappa shape index (κ2) is 5.33. The molecule has 2 saturated heterocycles. The predicted octanol–water partition coefficient (Wildman–Crippen LogP) is 0.674. The highest BCUT2D eigenvalue weighted by Gasteiger charge is 2.51. The van der Waals surface area contributed by atoms with Gasteiger partial charge in [-0.25, -0.2) is 0 Å². The van der Waals surface area contributed by atoms with Crippen LogP contribution in [0.5, 0.6) is 0 Å². The van der Waals surface area contributed by atoms with Crippen molar-refractivity contribution in [2.45, 2.75) is 50.1 Å². The van der Waals surface area contributed by atoms with Gasteiger partial charge in [-0.15, -0.1) is 0 Å². The molecule has 4 rings (SSSR count). The summed E-state index contributed by atoms with van der Waals surface area (Å²) in [6.07, 6.45) is 5.00. The minimum atomic E-state index is -0.0733. The number of ether oxygens (including phenoxy) is 4. The zero-order chi connectivity index (χ0) is 14.3. The Balaban J connectivity index is 0.000000121. The molecule has 0 N–H and O–H groups in total. The lowest BCUT2D eigenvalue weighted by molar-refractivity contribution is -0.146. The van der Waals surface area contributed by atoms with Gasteiger partial charge in [0.25, 0.3) is 0 Å². The normalized spacial score (nSPS) is 42.7. The summed E-state index contributed by atoms with van der Waals surface area (Å²) < 4.78 is 19.6. The average Bonchev–Trinajstić information content (AvgIpc) is 3.32. The zero-order valence-electron chi connectivity index (χ0n) is 11.7. The Morgan fingerprint density at radius 1 is 0.750 bits per heavy atom. The molecule has 0 aromatic carbocycles. The molecule has 0 aromatic heterocycles. The van der Waals surface area contributed by atoms with Gasteiger partial charge in [0.2, 0.25) is 0 Å². The van der Waals surface area contributed by atoms with Crippen LogP contribution in [0, 0.1) is 11.8 Å². The number of methoxy groups -OCH3 is 2. The average molecular weight is 284 g/mol. The minimum Gasteiger partial charge on any atom is -0.469 e. The van der Waals surface area contributed by atoms with Gasteiger partial charge in [0.15, 0.2) is 0 Å². The molecule has 20 heavy (non-hydrogen) atoms. The van der Waals surface area contributed by atoms with Crippen molar-refractivity contribution in [3.63, 3.8) is 0 Å². The highest BCUT2D eigenvalue weighted by atomic mass is 16.6. The molecule has 0 bridgehead atoms. The molecule has 2 heterocycles. The van der Waals surface area contributed by atoms with E-state index in [0.29, 0.717) is 24.4 Å². The number of epoxide rings is 2. The molecule has 6 nitrogen and oxygen atoms in total. The second-order valence-electron chi connectivity index (χ2n) is 5.81. The third kappa shape index (κ3) is 2.81. The lowest BCUT2D eigenvalue weighted by Crippen LogP contribution is -2.14. The first-order chi connectivity index (χ1) is 9.62. The van der Waals surface area contributed by atoms with E-state index in [9.17, 15) is 9.59 Å². The van der Waals surface area contributed by atoms with Crippen molar-refractivity contribution in [1.82, 2.24) is 0 Å². The zero-order valence-corrected chi connectivity index (χ0v) is 11.7. The lowest BCUT2D eigenvalue weighted by atomic mass is 10.1. The van der Waals surface area contributed by atoms with Gasteiger partial charge in [-0.05, 0) is 25.7 Å². The number of carbonyl (C=O) groups is 2. The predicted molar refractivity (Wildman–Crippen MR) is 66.8 cm³/mol. The van der Waals surface area contributed by atoms with E-state index in [0.717, 1.165) is 25.7 Å². The van der Waals surface area contributed by atoms with Crippen LogP contribution >= 0.6 is 0 Å². The molecular formula is C14H20O6. The Morgan fingerprint density at radius 3 is 1.30 bits per heavy atom. The number of rotatable bonds is 2. The molecule has 0 aromatic rings. The van der Waals surface area contributed by atoms with Crippen LogP contribution in [0.25, 0.3) is 0 Å². The van der Waals surface area contributed by atoms with Gasteiger partial charge in [0, 0.05) is 0 Å². The number of hydrogen-bond acceptors (Lipinski definition) is 6. The van der Waals surface area contributed by atoms with E-state index in [1.807, 2.05) is 0 Å². The van der Waals surface area contributed by atoms with Crippen LogP contribution in [0.2, 0.25) is 0 Å². The topological polar surface area (TPSA) is 77.7 Å². The Bertz CT molecular complexity index is 350. The third-order valence-corrected chi connectivity index (χ3v) is 4.51. The van der Waals surface area contributed by atoms with E-state index in [4.69, 9.17) is 9.47 Å². The van der Waals surface area contributed by atoms with E-state index in [1.54, 1.807) is 0 Å². The summed E-state index contributed by atoms with van der Waals surface area (Å²) in [5.41, 5.74) is 0. The number of carbonyl (C=O) groups excluding carboxylic acids is 2. The van der Waals surface area contributed by atoms with E-state index in [-0.39, 0.29) is 23.8 Å². The molecule has 0 spiro atoms. The van der Waals surface area contributed by atoms with Gasteiger partial charge >= 0.3 is 11.9 Å². The molecule has 2 saturated carbocycles.